The van der Waals surface area contributed by atoms with Crippen LogP contribution in [0, 0.1) is 11.8 Å². The van der Waals surface area contributed by atoms with Crippen molar-refractivity contribution in [1.82, 2.24) is 0 Å². The summed E-state index contributed by atoms with van der Waals surface area (Å²) in [5.41, 5.74) is 0. The first-order valence-electron chi connectivity index (χ1n) is 3.57. The molecule has 0 N–H and O–H groups in total. The van der Waals surface area contributed by atoms with E-state index in [1.807, 2.05) is 0 Å². The molecular formula is C8H9BrO2. The number of cyclic esters (lactones) is 1. The van der Waals surface area contributed by atoms with Crippen LogP contribution in [0.15, 0.2) is 0 Å². The smallest absolute Gasteiger partial charge is 0.307 e. The predicted molar refractivity (Wildman–Crippen MR) is 45.3 cm³/mol. The molecular weight excluding hydrogens is 208 g/mol. The molecule has 0 bridgehead atoms. The second-order valence-electron chi connectivity index (χ2n) is 2.33. The first kappa shape index (κ1) is 8.61. The van der Waals surface area contributed by atoms with Gasteiger partial charge in [-0.1, -0.05) is 27.8 Å². The van der Waals surface area contributed by atoms with E-state index in [4.69, 9.17) is 4.74 Å². The molecule has 1 heterocycles. The third-order valence-electron chi connectivity index (χ3n) is 1.45. The van der Waals surface area contributed by atoms with Crippen molar-refractivity contribution in [2.75, 3.05) is 5.33 Å². The highest BCUT2D eigenvalue weighted by atomic mass is 79.9. The average Bonchev–Trinajstić information content (AvgIpc) is 2.01. The minimum atomic E-state index is -0.159. The summed E-state index contributed by atoms with van der Waals surface area (Å²) < 4.78 is 4.96. The third kappa shape index (κ3) is 2.94. The van der Waals surface area contributed by atoms with Gasteiger partial charge in [0.25, 0.3) is 0 Å². The molecule has 1 saturated heterocycles. The molecule has 0 radical (unpaired) electrons. The minimum Gasteiger partial charge on any atom is -0.449 e. The van der Waals surface area contributed by atoms with Crippen molar-refractivity contribution >= 4 is 21.9 Å². The zero-order chi connectivity index (χ0) is 8.10. The number of alkyl halides is 1. The van der Waals surface area contributed by atoms with Crippen molar-refractivity contribution < 1.29 is 9.53 Å². The Bertz CT molecular complexity index is 202. The van der Waals surface area contributed by atoms with E-state index in [0.29, 0.717) is 11.8 Å². The number of rotatable bonds is 0. The Balaban J connectivity index is 2.40. The van der Waals surface area contributed by atoms with Gasteiger partial charge in [-0.3, -0.25) is 4.79 Å². The van der Waals surface area contributed by atoms with Gasteiger partial charge in [-0.2, -0.15) is 0 Å². The monoisotopic (exact) mass is 216 g/mol. The van der Waals surface area contributed by atoms with Crippen molar-refractivity contribution in [3.63, 3.8) is 0 Å². The van der Waals surface area contributed by atoms with Crippen LogP contribution in [-0.2, 0) is 9.53 Å². The summed E-state index contributed by atoms with van der Waals surface area (Å²) in [5, 5.41) is 0.640. The molecule has 1 fully saturated rings. The Morgan fingerprint density at radius 3 is 3.18 bits per heavy atom. The second kappa shape index (κ2) is 4.40. The molecule has 11 heavy (non-hydrogen) atoms. The summed E-state index contributed by atoms with van der Waals surface area (Å²) in [6.07, 6.45) is 2.17. The SMILES string of the molecule is O=C1CCCC(C#CCBr)O1. The number of ether oxygens (including phenoxy) is 1. The highest BCUT2D eigenvalue weighted by molar-refractivity contribution is 9.09. The van der Waals surface area contributed by atoms with Crippen LogP contribution in [-0.4, -0.2) is 17.4 Å². The fraction of sp³-hybridized carbons (Fsp3) is 0.625. The average molecular weight is 217 g/mol. The van der Waals surface area contributed by atoms with E-state index in [9.17, 15) is 4.79 Å². The molecule has 1 atom stereocenters. The van der Waals surface area contributed by atoms with Gasteiger partial charge >= 0.3 is 5.97 Å². The highest BCUT2D eigenvalue weighted by Gasteiger charge is 2.17. The fourth-order valence-corrected chi connectivity index (χ4v) is 1.12. The molecule has 0 amide bonds. The molecule has 0 aromatic rings. The minimum absolute atomic E-state index is 0.120. The van der Waals surface area contributed by atoms with Gasteiger partial charge < -0.3 is 4.74 Å². The van der Waals surface area contributed by atoms with E-state index >= 15 is 0 Å². The van der Waals surface area contributed by atoms with E-state index in [1.54, 1.807) is 0 Å². The van der Waals surface area contributed by atoms with E-state index in [1.165, 1.54) is 0 Å². The summed E-state index contributed by atoms with van der Waals surface area (Å²) in [5.74, 6) is 5.57. The maximum atomic E-state index is 10.7. The second-order valence-corrected chi connectivity index (χ2v) is 2.89. The van der Waals surface area contributed by atoms with Gasteiger partial charge in [0.2, 0.25) is 0 Å². The van der Waals surface area contributed by atoms with Crippen LogP contribution in [0.4, 0.5) is 0 Å². The summed E-state index contributed by atoms with van der Waals surface area (Å²) in [7, 11) is 0. The van der Waals surface area contributed by atoms with Gasteiger partial charge in [0.05, 0.1) is 5.33 Å². The lowest BCUT2D eigenvalue weighted by atomic mass is 10.1. The molecule has 1 rings (SSSR count). The molecule has 0 saturated carbocycles. The Hall–Kier alpha value is -0.490. The number of hydrogen-bond acceptors (Lipinski definition) is 2. The molecule has 0 aliphatic carbocycles. The first-order valence-corrected chi connectivity index (χ1v) is 4.69. The predicted octanol–water partition coefficient (Wildman–Crippen LogP) is 1.48. The molecule has 0 aromatic heterocycles. The lowest BCUT2D eigenvalue weighted by Crippen LogP contribution is -2.21. The Labute approximate surface area is 74.4 Å². The van der Waals surface area contributed by atoms with Gasteiger partial charge in [-0.05, 0) is 12.8 Å². The van der Waals surface area contributed by atoms with Crippen molar-refractivity contribution in [3.8, 4) is 11.8 Å². The zero-order valence-corrected chi connectivity index (χ0v) is 7.69. The highest BCUT2D eigenvalue weighted by Crippen LogP contribution is 2.12. The lowest BCUT2D eigenvalue weighted by Gasteiger charge is -2.16. The summed E-state index contributed by atoms with van der Waals surface area (Å²) in [6, 6.07) is 0. The van der Waals surface area contributed by atoms with Gasteiger partial charge in [0.15, 0.2) is 6.10 Å². The van der Waals surface area contributed by atoms with Crippen LogP contribution in [0.5, 0.6) is 0 Å². The summed E-state index contributed by atoms with van der Waals surface area (Å²) in [6.45, 7) is 0. The number of carbonyl (C=O) groups is 1. The molecule has 2 nitrogen and oxygen atoms in total. The summed E-state index contributed by atoms with van der Waals surface area (Å²) >= 11 is 3.18. The maximum Gasteiger partial charge on any atom is 0.307 e. The fourth-order valence-electron chi connectivity index (χ4n) is 0.962. The van der Waals surface area contributed by atoms with E-state index in [2.05, 4.69) is 27.8 Å². The van der Waals surface area contributed by atoms with Crippen molar-refractivity contribution in [3.05, 3.63) is 0 Å². The number of halogens is 1. The van der Waals surface area contributed by atoms with E-state index in [-0.39, 0.29) is 12.1 Å². The quantitative estimate of drug-likeness (QED) is 0.349. The van der Waals surface area contributed by atoms with Crippen LogP contribution >= 0.6 is 15.9 Å². The Kier molecular flexibility index (Phi) is 3.44. The van der Waals surface area contributed by atoms with Gasteiger partial charge in [-0.25, -0.2) is 0 Å². The Morgan fingerprint density at radius 2 is 2.55 bits per heavy atom. The topological polar surface area (TPSA) is 26.3 Å². The number of carbonyl (C=O) groups excluding carboxylic acids is 1. The van der Waals surface area contributed by atoms with Crippen molar-refractivity contribution in [1.29, 1.82) is 0 Å². The molecule has 1 aliphatic heterocycles. The van der Waals surface area contributed by atoms with E-state index in [0.717, 1.165) is 12.8 Å². The first-order chi connectivity index (χ1) is 5.33. The van der Waals surface area contributed by atoms with Crippen LogP contribution in [0.1, 0.15) is 19.3 Å². The van der Waals surface area contributed by atoms with Crippen LogP contribution in [0.3, 0.4) is 0 Å². The van der Waals surface area contributed by atoms with Gasteiger partial charge in [-0.15, -0.1) is 0 Å². The third-order valence-corrected chi connectivity index (χ3v) is 1.73. The van der Waals surface area contributed by atoms with E-state index < -0.39 is 0 Å². The maximum absolute atomic E-state index is 10.7. The standard InChI is InChI=1S/C8H9BrO2/c9-6-2-4-7-3-1-5-8(10)11-7/h7H,1,3,5-6H2. The van der Waals surface area contributed by atoms with Crippen LogP contribution in [0.2, 0.25) is 0 Å². The number of hydrogen-bond donors (Lipinski definition) is 0. The largest absolute Gasteiger partial charge is 0.449 e. The van der Waals surface area contributed by atoms with Crippen LogP contribution in [0.25, 0.3) is 0 Å². The van der Waals surface area contributed by atoms with Gasteiger partial charge in [0.1, 0.15) is 0 Å². The summed E-state index contributed by atoms with van der Waals surface area (Å²) in [4.78, 5) is 10.7. The normalized spacial score (nSPS) is 23.4. The molecule has 1 unspecified atom stereocenters. The Morgan fingerprint density at radius 1 is 1.73 bits per heavy atom. The lowest BCUT2D eigenvalue weighted by molar-refractivity contribution is -0.150. The zero-order valence-electron chi connectivity index (χ0n) is 6.10. The van der Waals surface area contributed by atoms with Gasteiger partial charge in [0, 0.05) is 6.42 Å². The number of esters is 1. The molecule has 0 spiro atoms. The molecule has 3 heteroatoms. The van der Waals surface area contributed by atoms with Crippen molar-refractivity contribution in [2.24, 2.45) is 0 Å². The molecule has 1 aliphatic rings. The molecule has 60 valence electrons. The van der Waals surface area contributed by atoms with Crippen molar-refractivity contribution in [2.45, 2.75) is 25.4 Å². The van der Waals surface area contributed by atoms with Crippen LogP contribution < -0.4 is 0 Å². The molecule has 0 aromatic carbocycles.